The summed E-state index contributed by atoms with van der Waals surface area (Å²) >= 11 is 0. The van der Waals surface area contributed by atoms with Crippen LogP contribution in [0.4, 0.5) is 0 Å². The minimum absolute atomic E-state index is 0.0979. The van der Waals surface area contributed by atoms with Crippen LogP contribution in [0.15, 0.2) is 36.4 Å². The SMILES string of the molecule is COc1cc(CN2Cc3ccccc3O[C@H](CN(C)C)C2)cc(OC)c1OC. The number of nitrogens with zero attached hydrogens (tertiary/aromatic N) is 2. The third-order valence-corrected chi connectivity index (χ3v) is 4.82. The average Bonchev–Trinajstić information content (AvgIpc) is 2.84. The van der Waals surface area contributed by atoms with E-state index in [4.69, 9.17) is 18.9 Å². The Hall–Kier alpha value is -2.44. The number of hydrogen-bond donors (Lipinski definition) is 0. The fourth-order valence-electron chi connectivity index (χ4n) is 3.67. The highest BCUT2D eigenvalue weighted by molar-refractivity contribution is 5.53. The Morgan fingerprint density at radius 3 is 2.32 bits per heavy atom. The first-order chi connectivity index (χ1) is 13.5. The van der Waals surface area contributed by atoms with E-state index in [1.54, 1.807) is 21.3 Å². The molecule has 0 aromatic heterocycles. The molecule has 0 radical (unpaired) electrons. The van der Waals surface area contributed by atoms with Crippen LogP contribution in [0.5, 0.6) is 23.0 Å². The lowest BCUT2D eigenvalue weighted by Gasteiger charge is -2.26. The van der Waals surface area contributed by atoms with Crippen molar-refractivity contribution in [3.05, 3.63) is 47.5 Å². The Morgan fingerprint density at radius 2 is 1.71 bits per heavy atom. The zero-order chi connectivity index (χ0) is 20.1. The highest BCUT2D eigenvalue weighted by atomic mass is 16.5. The van der Waals surface area contributed by atoms with Crippen LogP contribution in [0.1, 0.15) is 11.1 Å². The van der Waals surface area contributed by atoms with Crippen molar-refractivity contribution < 1.29 is 18.9 Å². The number of hydrogen-bond acceptors (Lipinski definition) is 6. The molecule has 0 saturated carbocycles. The standard InChI is InChI=1S/C22H30N2O4/c1-23(2)14-18-15-24(13-17-8-6-7-9-19(17)28-18)12-16-10-20(25-3)22(27-5)21(11-16)26-4/h6-11,18H,12-15H2,1-5H3/t18-/m1/s1. The van der Waals surface area contributed by atoms with Crippen LogP contribution in [-0.2, 0) is 13.1 Å². The molecule has 1 aliphatic rings. The molecule has 28 heavy (non-hydrogen) atoms. The molecule has 3 rings (SSSR count). The first kappa shape index (κ1) is 20.3. The second-order valence-electron chi connectivity index (χ2n) is 7.31. The summed E-state index contributed by atoms with van der Waals surface area (Å²) in [6.07, 6.45) is 0.0979. The van der Waals surface area contributed by atoms with Gasteiger partial charge in [-0.05, 0) is 37.9 Å². The summed E-state index contributed by atoms with van der Waals surface area (Å²) in [4.78, 5) is 4.57. The van der Waals surface area contributed by atoms with Crippen LogP contribution in [0, 0.1) is 0 Å². The molecule has 152 valence electrons. The Kier molecular flexibility index (Phi) is 6.65. The second-order valence-corrected chi connectivity index (χ2v) is 7.31. The topological polar surface area (TPSA) is 43.4 Å². The summed E-state index contributed by atoms with van der Waals surface area (Å²) in [6, 6.07) is 12.3. The molecule has 0 bridgehead atoms. The van der Waals surface area contributed by atoms with Crippen LogP contribution in [0.25, 0.3) is 0 Å². The molecule has 0 unspecified atom stereocenters. The van der Waals surface area contributed by atoms with E-state index in [-0.39, 0.29) is 6.10 Å². The molecule has 1 heterocycles. The Bertz CT molecular complexity index is 769. The second kappa shape index (κ2) is 9.17. The van der Waals surface area contributed by atoms with Gasteiger partial charge in [-0.25, -0.2) is 0 Å². The summed E-state index contributed by atoms with van der Waals surface area (Å²) < 4.78 is 22.8. The van der Waals surface area contributed by atoms with E-state index < -0.39 is 0 Å². The lowest BCUT2D eigenvalue weighted by molar-refractivity contribution is 0.116. The van der Waals surface area contributed by atoms with Gasteiger partial charge in [0.25, 0.3) is 0 Å². The maximum Gasteiger partial charge on any atom is 0.203 e. The lowest BCUT2D eigenvalue weighted by atomic mass is 10.1. The van der Waals surface area contributed by atoms with Crippen molar-refractivity contribution in [1.82, 2.24) is 9.80 Å². The molecule has 0 spiro atoms. The van der Waals surface area contributed by atoms with E-state index in [0.29, 0.717) is 17.2 Å². The number of rotatable bonds is 7. The molecule has 2 aromatic rings. The lowest BCUT2D eigenvalue weighted by Crippen LogP contribution is -2.39. The zero-order valence-corrected chi connectivity index (χ0v) is 17.4. The Morgan fingerprint density at radius 1 is 1.04 bits per heavy atom. The van der Waals surface area contributed by atoms with E-state index in [9.17, 15) is 0 Å². The smallest absolute Gasteiger partial charge is 0.203 e. The average molecular weight is 386 g/mol. The number of methoxy groups -OCH3 is 3. The van der Waals surface area contributed by atoms with Gasteiger partial charge in [-0.1, -0.05) is 18.2 Å². The van der Waals surface area contributed by atoms with E-state index in [0.717, 1.165) is 37.5 Å². The maximum absolute atomic E-state index is 6.31. The molecule has 0 saturated heterocycles. The predicted molar refractivity (Wildman–Crippen MR) is 110 cm³/mol. The molecule has 0 N–H and O–H groups in total. The Balaban J connectivity index is 1.88. The quantitative estimate of drug-likeness (QED) is 0.729. The van der Waals surface area contributed by atoms with E-state index in [1.165, 1.54) is 5.56 Å². The van der Waals surface area contributed by atoms with Gasteiger partial charge in [0.05, 0.1) is 21.3 Å². The van der Waals surface area contributed by atoms with E-state index >= 15 is 0 Å². The first-order valence-electron chi connectivity index (χ1n) is 9.44. The molecule has 6 heteroatoms. The molecule has 6 nitrogen and oxygen atoms in total. The predicted octanol–water partition coefficient (Wildman–Crippen LogP) is 3.04. The third-order valence-electron chi connectivity index (χ3n) is 4.82. The van der Waals surface area contributed by atoms with Crippen molar-refractivity contribution in [2.24, 2.45) is 0 Å². The molecule has 0 aliphatic carbocycles. The number of benzene rings is 2. The van der Waals surface area contributed by atoms with E-state index in [2.05, 4.69) is 42.1 Å². The minimum atomic E-state index is 0.0979. The fraction of sp³-hybridized carbons (Fsp3) is 0.455. The summed E-state index contributed by atoms with van der Waals surface area (Å²) in [6.45, 7) is 3.29. The van der Waals surface area contributed by atoms with Crippen LogP contribution >= 0.6 is 0 Å². The zero-order valence-electron chi connectivity index (χ0n) is 17.4. The van der Waals surface area contributed by atoms with Crippen molar-refractivity contribution in [3.8, 4) is 23.0 Å². The van der Waals surface area contributed by atoms with Crippen molar-refractivity contribution in [1.29, 1.82) is 0 Å². The Labute approximate surface area is 167 Å². The van der Waals surface area contributed by atoms with Crippen molar-refractivity contribution in [2.45, 2.75) is 19.2 Å². The molecular weight excluding hydrogens is 356 g/mol. The monoisotopic (exact) mass is 386 g/mol. The van der Waals surface area contributed by atoms with Crippen LogP contribution < -0.4 is 18.9 Å². The van der Waals surface area contributed by atoms with Gasteiger partial charge >= 0.3 is 0 Å². The summed E-state index contributed by atoms with van der Waals surface area (Å²) in [5.74, 6) is 2.94. The summed E-state index contributed by atoms with van der Waals surface area (Å²) in [7, 11) is 9.05. The summed E-state index contributed by atoms with van der Waals surface area (Å²) in [5, 5.41) is 0. The van der Waals surface area contributed by atoms with Gasteiger partial charge < -0.3 is 23.8 Å². The van der Waals surface area contributed by atoms with Crippen LogP contribution in [-0.4, -0.2) is 64.4 Å². The number of likely N-dealkylation sites (N-methyl/N-ethyl adjacent to an activating group) is 1. The third kappa shape index (κ3) is 4.69. The number of para-hydroxylation sites is 1. The molecule has 2 aromatic carbocycles. The number of ether oxygens (including phenoxy) is 4. The highest BCUT2D eigenvalue weighted by Crippen LogP contribution is 2.38. The maximum atomic E-state index is 6.31. The van der Waals surface area contributed by atoms with Gasteiger partial charge in [0.1, 0.15) is 11.9 Å². The first-order valence-corrected chi connectivity index (χ1v) is 9.44. The molecule has 1 atom stereocenters. The van der Waals surface area contributed by atoms with Crippen molar-refractivity contribution >= 4 is 0 Å². The van der Waals surface area contributed by atoms with Crippen LogP contribution in [0.3, 0.4) is 0 Å². The normalized spacial score (nSPS) is 16.9. The minimum Gasteiger partial charge on any atom is -0.493 e. The van der Waals surface area contributed by atoms with Crippen molar-refractivity contribution in [3.63, 3.8) is 0 Å². The molecule has 0 fully saturated rings. The van der Waals surface area contributed by atoms with Gasteiger partial charge in [0.15, 0.2) is 11.5 Å². The van der Waals surface area contributed by atoms with Gasteiger partial charge in [-0.2, -0.15) is 0 Å². The number of fused-ring (bicyclic) bond motifs is 1. The molecule has 1 aliphatic heterocycles. The van der Waals surface area contributed by atoms with Crippen LogP contribution in [0.2, 0.25) is 0 Å². The van der Waals surface area contributed by atoms with Gasteiger partial charge in [0.2, 0.25) is 5.75 Å². The largest absolute Gasteiger partial charge is 0.493 e. The highest BCUT2D eigenvalue weighted by Gasteiger charge is 2.24. The van der Waals surface area contributed by atoms with E-state index in [1.807, 2.05) is 18.2 Å². The summed E-state index contributed by atoms with van der Waals surface area (Å²) in [5.41, 5.74) is 2.31. The van der Waals surface area contributed by atoms with Gasteiger partial charge in [-0.3, -0.25) is 4.90 Å². The van der Waals surface area contributed by atoms with Gasteiger partial charge in [-0.15, -0.1) is 0 Å². The molecular formula is C22H30N2O4. The van der Waals surface area contributed by atoms with Gasteiger partial charge in [0, 0.05) is 31.7 Å². The van der Waals surface area contributed by atoms with Crippen molar-refractivity contribution in [2.75, 3.05) is 48.5 Å². The molecule has 0 amide bonds. The fourth-order valence-corrected chi connectivity index (χ4v) is 3.67.